The highest BCUT2D eigenvalue weighted by molar-refractivity contribution is 9.13. The largest absolute Gasteiger partial charge is 0.497 e. The minimum absolute atomic E-state index is 0.0554. The van der Waals surface area contributed by atoms with Gasteiger partial charge in [0.1, 0.15) is 14.8 Å². The van der Waals surface area contributed by atoms with Crippen LogP contribution < -0.4 is 10.3 Å². The van der Waals surface area contributed by atoms with Gasteiger partial charge in [0.2, 0.25) is 0 Å². The first-order chi connectivity index (χ1) is 8.54. The predicted molar refractivity (Wildman–Crippen MR) is 77.2 cm³/mol. The van der Waals surface area contributed by atoms with Gasteiger partial charge in [-0.05, 0) is 49.6 Å². The van der Waals surface area contributed by atoms with E-state index in [1.807, 2.05) is 31.3 Å². The summed E-state index contributed by atoms with van der Waals surface area (Å²) in [5.74, 6) is 0.806. The normalized spacial score (nSPS) is 10.7. The van der Waals surface area contributed by atoms with E-state index in [-0.39, 0.29) is 5.56 Å². The van der Waals surface area contributed by atoms with Crippen molar-refractivity contribution in [1.29, 1.82) is 0 Å². The van der Waals surface area contributed by atoms with Crippen LogP contribution in [0.4, 0.5) is 0 Å². The van der Waals surface area contributed by atoms with Gasteiger partial charge >= 0.3 is 0 Å². The molecule has 4 nitrogen and oxygen atoms in total. The Labute approximate surface area is 121 Å². The fourth-order valence-corrected chi connectivity index (χ4v) is 2.49. The standard InChI is InChI=1S/C12H12Br2N2O2/c1-15-11(14)10(13)12(17)16(15)7-8-3-5-9(18-2)6-4-8/h3-6H,7H2,1-2H3. The lowest BCUT2D eigenvalue weighted by molar-refractivity contribution is 0.414. The highest BCUT2D eigenvalue weighted by Crippen LogP contribution is 2.19. The van der Waals surface area contributed by atoms with Crippen molar-refractivity contribution in [2.75, 3.05) is 7.11 Å². The SMILES string of the molecule is COc1ccc(Cn2c(=O)c(Br)c(Br)n2C)cc1. The number of methoxy groups -OCH3 is 1. The van der Waals surface area contributed by atoms with Crippen molar-refractivity contribution in [3.05, 3.63) is 49.3 Å². The van der Waals surface area contributed by atoms with Crippen molar-refractivity contribution in [2.24, 2.45) is 7.05 Å². The fraction of sp³-hybridized carbons (Fsp3) is 0.250. The smallest absolute Gasteiger partial charge is 0.282 e. The van der Waals surface area contributed by atoms with Crippen molar-refractivity contribution in [3.63, 3.8) is 0 Å². The van der Waals surface area contributed by atoms with Gasteiger partial charge in [0.05, 0.1) is 13.7 Å². The highest BCUT2D eigenvalue weighted by atomic mass is 79.9. The van der Waals surface area contributed by atoms with E-state index in [2.05, 4.69) is 31.9 Å². The predicted octanol–water partition coefficient (Wildman–Crippen LogP) is 2.77. The van der Waals surface area contributed by atoms with Crippen LogP contribution in [0.5, 0.6) is 5.75 Å². The number of hydrogen-bond donors (Lipinski definition) is 0. The van der Waals surface area contributed by atoms with E-state index in [1.165, 1.54) is 0 Å². The molecule has 2 rings (SSSR count). The summed E-state index contributed by atoms with van der Waals surface area (Å²) in [7, 11) is 3.46. The first kappa shape index (κ1) is 13.4. The molecule has 18 heavy (non-hydrogen) atoms. The molecule has 0 atom stereocenters. The van der Waals surface area contributed by atoms with Crippen LogP contribution in [0, 0.1) is 0 Å². The number of rotatable bonds is 3. The average molecular weight is 376 g/mol. The Bertz CT molecular complexity index is 614. The van der Waals surface area contributed by atoms with E-state index in [0.29, 0.717) is 11.0 Å². The summed E-state index contributed by atoms with van der Waals surface area (Å²) in [6.07, 6.45) is 0. The molecule has 0 spiro atoms. The van der Waals surface area contributed by atoms with E-state index in [4.69, 9.17) is 4.74 Å². The maximum absolute atomic E-state index is 12.0. The van der Waals surface area contributed by atoms with E-state index in [9.17, 15) is 4.79 Å². The number of aromatic nitrogens is 2. The maximum Gasteiger partial charge on any atom is 0.282 e. The lowest BCUT2D eigenvalue weighted by atomic mass is 10.2. The number of halogens is 2. The minimum Gasteiger partial charge on any atom is -0.497 e. The summed E-state index contributed by atoms with van der Waals surface area (Å²) in [6, 6.07) is 7.65. The molecule has 1 heterocycles. The van der Waals surface area contributed by atoms with Crippen LogP contribution >= 0.6 is 31.9 Å². The zero-order valence-corrected chi connectivity index (χ0v) is 13.2. The second-order valence-electron chi connectivity index (χ2n) is 3.84. The third-order valence-corrected chi connectivity index (χ3v) is 4.90. The second-order valence-corrected chi connectivity index (χ2v) is 5.38. The number of ether oxygens (including phenoxy) is 1. The lowest BCUT2D eigenvalue weighted by Crippen LogP contribution is -2.22. The molecular weight excluding hydrogens is 364 g/mol. The Morgan fingerprint density at radius 2 is 1.83 bits per heavy atom. The Hall–Kier alpha value is -1.01. The van der Waals surface area contributed by atoms with Crippen molar-refractivity contribution >= 4 is 31.9 Å². The number of hydrogen-bond acceptors (Lipinski definition) is 2. The van der Waals surface area contributed by atoms with Crippen molar-refractivity contribution in [1.82, 2.24) is 9.36 Å². The minimum atomic E-state index is -0.0554. The summed E-state index contributed by atoms with van der Waals surface area (Å²) < 4.78 is 9.80. The van der Waals surface area contributed by atoms with Gasteiger partial charge in [0, 0.05) is 7.05 Å². The number of nitrogens with zero attached hydrogens (tertiary/aromatic N) is 2. The van der Waals surface area contributed by atoms with Gasteiger partial charge < -0.3 is 4.74 Å². The van der Waals surface area contributed by atoms with Crippen LogP contribution in [-0.2, 0) is 13.6 Å². The zero-order valence-electron chi connectivity index (χ0n) is 9.98. The van der Waals surface area contributed by atoms with Gasteiger partial charge in [0.25, 0.3) is 5.56 Å². The van der Waals surface area contributed by atoms with E-state index in [1.54, 1.807) is 16.5 Å². The van der Waals surface area contributed by atoms with E-state index >= 15 is 0 Å². The summed E-state index contributed by atoms with van der Waals surface area (Å²) >= 11 is 6.63. The molecule has 0 saturated carbocycles. The van der Waals surface area contributed by atoms with E-state index in [0.717, 1.165) is 15.9 Å². The average Bonchev–Trinajstić information content (AvgIpc) is 2.57. The van der Waals surface area contributed by atoms with Gasteiger partial charge in [-0.25, -0.2) is 4.68 Å². The molecule has 1 aromatic carbocycles. The Morgan fingerprint density at radius 3 is 2.28 bits per heavy atom. The first-order valence-corrected chi connectivity index (χ1v) is 6.87. The number of benzene rings is 1. The molecule has 0 aliphatic heterocycles. The van der Waals surface area contributed by atoms with Crippen LogP contribution in [0.3, 0.4) is 0 Å². The highest BCUT2D eigenvalue weighted by Gasteiger charge is 2.13. The van der Waals surface area contributed by atoms with Gasteiger partial charge in [-0.15, -0.1) is 0 Å². The molecule has 0 saturated heterocycles. The van der Waals surface area contributed by atoms with Crippen molar-refractivity contribution in [3.8, 4) is 5.75 Å². The third kappa shape index (κ3) is 2.40. The molecule has 96 valence electrons. The fourth-order valence-electron chi connectivity index (χ4n) is 1.67. The summed E-state index contributed by atoms with van der Waals surface area (Å²) in [5.41, 5.74) is 0.985. The molecule has 0 bridgehead atoms. The quantitative estimate of drug-likeness (QED) is 0.826. The molecule has 0 N–H and O–H groups in total. The second kappa shape index (κ2) is 5.32. The Kier molecular flexibility index (Phi) is 3.97. The summed E-state index contributed by atoms with van der Waals surface area (Å²) in [4.78, 5) is 12.0. The summed E-state index contributed by atoms with van der Waals surface area (Å²) in [6.45, 7) is 0.517. The van der Waals surface area contributed by atoms with Crippen molar-refractivity contribution < 1.29 is 4.74 Å². The van der Waals surface area contributed by atoms with Gasteiger partial charge in [-0.1, -0.05) is 12.1 Å². The lowest BCUT2D eigenvalue weighted by Gasteiger charge is -2.08. The van der Waals surface area contributed by atoms with Gasteiger partial charge in [0.15, 0.2) is 0 Å². The molecular formula is C12H12Br2N2O2. The Balaban J connectivity index is 2.34. The molecule has 2 aromatic rings. The third-order valence-electron chi connectivity index (χ3n) is 2.74. The Morgan fingerprint density at radius 1 is 1.22 bits per heavy atom. The van der Waals surface area contributed by atoms with Crippen LogP contribution in [0.15, 0.2) is 38.1 Å². The molecule has 0 amide bonds. The monoisotopic (exact) mass is 374 g/mol. The molecule has 0 fully saturated rings. The van der Waals surface area contributed by atoms with Crippen LogP contribution in [-0.4, -0.2) is 16.5 Å². The van der Waals surface area contributed by atoms with Crippen LogP contribution in [0.1, 0.15) is 5.56 Å². The molecule has 6 heteroatoms. The molecule has 1 aromatic heterocycles. The first-order valence-electron chi connectivity index (χ1n) is 5.28. The molecule has 0 aliphatic rings. The van der Waals surface area contributed by atoms with Crippen LogP contribution in [0.25, 0.3) is 0 Å². The molecule has 0 aliphatic carbocycles. The molecule has 0 radical (unpaired) electrons. The molecule has 0 unspecified atom stereocenters. The van der Waals surface area contributed by atoms with Gasteiger partial charge in [-0.2, -0.15) is 0 Å². The zero-order chi connectivity index (χ0) is 13.3. The summed E-state index contributed by atoms with van der Waals surface area (Å²) in [5, 5.41) is 0. The van der Waals surface area contributed by atoms with Gasteiger partial charge in [-0.3, -0.25) is 9.48 Å². The van der Waals surface area contributed by atoms with Crippen LogP contribution in [0.2, 0.25) is 0 Å². The van der Waals surface area contributed by atoms with Crippen molar-refractivity contribution in [2.45, 2.75) is 6.54 Å². The topological polar surface area (TPSA) is 36.2 Å². The van der Waals surface area contributed by atoms with E-state index < -0.39 is 0 Å². The maximum atomic E-state index is 12.0.